The van der Waals surface area contributed by atoms with E-state index in [1.54, 1.807) is 11.6 Å². The van der Waals surface area contributed by atoms with Gasteiger partial charge >= 0.3 is 5.97 Å². The first-order chi connectivity index (χ1) is 15.4. The van der Waals surface area contributed by atoms with E-state index in [-0.39, 0.29) is 52.0 Å². The lowest BCUT2D eigenvalue weighted by atomic mass is 10.0. The maximum absolute atomic E-state index is 13.7. The van der Waals surface area contributed by atoms with Crippen molar-refractivity contribution in [1.29, 1.82) is 0 Å². The van der Waals surface area contributed by atoms with Gasteiger partial charge in [-0.1, -0.05) is 11.6 Å². The van der Waals surface area contributed by atoms with E-state index >= 15 is 0 Å². The minimum Gasteiger partial charge on any atom is -0.478 e. The molecule has 8 nitrogen and oxygen atoms in total. The Morgan fingerprint density at radius 1 is 1.34 bits per heavy atom. The largest absolute Gasteiger partial charge is 0.478 e. The van der Waals surface area contributed by atoms with Crippen LogP contribution in [0.4, 0.5) is 4.39 Å². The summed E-state index contributed by atoms with van der Waals surface area (Å²) in [6, 6.07) is 3.44. The van der Waals surface area contributed by atoms with Crippen molar-refractivity contribution in [3.8, 4) is 22.1 Å². The zero-order valence-corrected chi connectivity index (χ0v) is 18.2. The molecule has 3 atom stereocenters. The molecule has 2 saturated heterocycles. The Morgan fingerprint density at radius 3 is 2.88 bits per heavy atom. The number of morpholine rings is 1. The van der Waals surface area contributed by atoms with Gasteiger partial charge in [-0.2, -0.15) is 0 Å². The lowest BCUT2D eigenvalue weighted by Crippen LogP contribution is -2.47. The number of carboxylic acid groups (broad SMARTS) is 1. The van der Waals surface area contributed by atoms with E-state index in [0.29, 0.717) is 24.6 Å². The van der Waals surface area contributed by atoms with Crippen LogP contribution >= 0.6 is 22.9 Å². The van der Waals surface area contributed by atoms with Gasteiger partial charge in [-0.05, 0) is 24.6 Å². The average molecular weight is 477 g/mol. The summed E-state index contributed by atoms with van der Waals surface area (Å²) in [7, 11) is 0. The molecule has 2 aliphatic heterocycles. The minimum absolute atomic E-state index is 0.0402. The van der Waals surface area contributed by atoms with Crippen molar-refractivity contribution in [3.05, 3.63) is 51.9 Å². The highest BCUT2D eigenvalue weighted by Gasteiger charge is 2.44. The first-order valence-corrected chi connectivity index (χ1v) is 11.2. The van der Waals surface area contributed by atoms with Gasteiger partial charge in [0.1, 0.15) is 11.4 Å². The summed E-state index contributed by atoms with van der Waals surface area (Å²) in [4.78, 5) is 27.7. The van der Waals surface area contributed by atoms with E-state index in [0.717, 1.165) is 6.07 Å². The minimum atomic E-state index is -1.22. The fourth-order valence-corrected chi connectivity index (χ4v) is 5.16. The first-order valence-electron chi connectivity index (χ1n) is 9.93. The van der Waals surface area contributed by atoms with E-state index in [1.807, 2.05) is 4.90 Å². The maximum Gasteiger partial charge on any atom is 0.339 e. The van der Waals surface area contributed by atoms with Crippen molar-refractivity contribution in [2.75, 3.05) is 13.2 Å². The second-order valence-corrected chi connectivity index (χ2v) is 9.02. The van der Waals surface area contributed by atoms with E-state index < -0.39 is 17.9 Å². The molecular formula is C21H18ClFN4O4S. The van der Waals surface area contributed by atoms with Crippen LogP contribution in [-0.2, 0) is 11.3 Å². The maximum atomic E-state index is 13.7. The summed E-state index contributed by atoms with van der Waals surface area (Å²) in [6.45, 7) is 1.00. The number of aromatic nitrogens is 3. The molecule has 5 rings (SSSR count). The molecule has 3 unspecified atom stereocenters. The number of aromatic carboxylic acids is 1. The molecule has 3 aromatic rings. The zero-order chi connectivity index (χ0) is 22.4. The Hall–Kier alpha value is -2.50. The van der Waals surface area contributed by atoms with Crippen molar-refractivity contribution in [3.63, 3.8) is 0 Å². The number of halogens is 2. The molecule has 2 bridgehead atoms. The quantitative estimate of drug-likeness (QED) is 0.578. The van der Waals surface area contributed by atoms with Gasteiger partial charge in [0.2, 0.25) is 0 Å². The number of carboxylic acids is 1. The summed E-state index contributed by atoms with van der Waals surface area (Å²) < 4.78 is 19.2. The average Bonchev–Trinajstić information content (AvgIpc) is 3.33. The summed E-state index contributed by atoms with van der Waals surface area (Å²) >= 11 is 7.59. The normalized spacial score (nSPS) is 22.9. The van der Waals surface area contributed by atoms with E-state index in [1.165, 1.54) is 23.5 Å². The first kappa shape index (κ1) is 21.4. The Morgan fingerprint density at radius 2 is 2.19 bits per heavy atom. The van der Waals surface area contributed by atoms with Crippen LogP contribution in [0.15, 0.2) is 29.8 Å². The number of fused-ring (bicyclic) bond motifs is 2. The molecule has 0 aliphatic carbocycles. The molecule has 32 heavy (non-hydrogen) atoms. The highest BCUT2D eigenvalue weighted by atomic mass is 35.5. The number of hydrogen-bond donors (Lipinski definition) is 2. The predicted octanol–water partition coefficient (Wildman–Crippen LogP) is 3.09. The molecule has 2 aliphatic rings. The fourth-order valence-electron chi connectivity index (χ4n) is 4.33. The number of aliphatic hydroxyl groups excluding tert-OH is 1. The number of hydrogen-bond acceptors (Lipinski definition) is 8. The van der Waals surface area contributed by atoms with Gasteiger partial charge in [0.05, 0.1) is 41.8 Å². The third-order valence-corrected chi connectivity index (χ3v) is 6.87. The van der Waals surface area contributed by atoms with Crippen LogP contribution in [0.1, 0.15) is 22.5 Å². The number of benzene rings is 1. The second-order valence-electron chi connectivity index (χ2n) is 7.72. The molecule has 2 aromatic heterocycles. The van der Waals surface area contributed by atoms with Gasteiger partial charge in [-0.15, -0.1) is 11.3 Å². The lowest BCUT2D eigenvalue weighted by Gasteiger charge is -2.34. The summed E-state index contributed by atoms with van der Waals surface area (Å²) in [5.41, 5.74) is 0.550. The molecule has 11 heteroatoms. The van der Waals surface area contributed by atoms with Crippen LogP contribution in [-0.4, -0.2) is 67.4 Å². The van der Waals surface area contributed by atoms with Gasteiger partial charge in [0.15, 0.2) is 10.8 Å². The van der Waals surface area contributed by atoms with Crippen molar-refractivity contribution in [2.45, 2.75) is 31.2 Å². The standard InChI is InChI=1S/C21H18ClFN4O4S/c22-13-5-10(23)1-2-12(13)18-17(21(29)30)14(25-19(26-18)20-24-3-4-32-20)7-27-11-6-16(28)15(27)9-31-8-11/h1-5,11,15-16,28H,6-9H2,(H,29,30). The molecule has 0 spiro atoms. The zero-order valence-electron chi connectivity index (χ0n) is 16.6. The van der Waals surface area contributed by atoms with Gasteiger partial charge in [-0.25, -0.2) is 24.1 Å². The number of rotatable bonds is 5. The molecular weight excluding hydrogens is 459 g/mol. The highest BCUT2D eigenvalue weighted by molar-refractivity contribution is 7.13. The highest BCUT2D eigenvalue weighted by Crippen LogP contribution is 2.36. The van der Waals surface area contributed by atoms with E-state index in [9.17, 15) is 19.4 Å². The van der Waals surface area contributed by atoms with E-state index in [4.69, 9.17) is 16.3 Å². The Balaban J connectivity index is 1.68. The van der Waals surface area contributed by atoms with Crippen molar-refractivity contribution >= 4 is 28.9 Å². The van der Waals surface area contributed by atoms with Crippen molar-refractivity contribution in [2.24, 2.45) is 0 Å². The predicted molar refractivity (Wildman–Crippen MR) is 115 cm³/mol. The number of nitrogens with zero attached hydrogens (tertiary/aromatic N) is 4. The summed E-state index contributed by atoms with van der Waals surface area (Å²) in [5.74, 6) is -1.50. The number of carbonyl (C=O) groups is 1. The molecule has 1 aromatic carbocycles. The Bertz CT molecular complexity index is 1180. The fraction of sp³-hybridized carbons (Fsp3) is 0.333. The summed E-state index contributed by atoms with van der Waals surface area (Å²) in [6.07, 6.45) is 1.60. The molecule has 4 heterocycles. The van der Waals surface area contributed by atoms with Crippen LogP contribution in [0.3, 0.4) is 0 Å². The molecule has 0 radical (unpaired) electrons. The van der Waals surface area contributed by atoms with Crippen LogP contribution < -0.4 is 0 Å². The van der Waals surface area contributed by atoms with Crippen LogP contribution in [0.5, 0.6) is 0 Å². The van der Waals surface area contributed by atoms with Crippen LogP contribution in [0.25, 0.3) is 22.1 Å². The smallest absolute Gasteiger partial charge is 0.339 e. The van der Waals surface area contributed by atoms with Crippen LogP contribution in [0, 0.1) is 5.82 Å². The topological polar surface area (TPSA) is 109 Å². The Labute approximate surface area is 191 Å². The van der Waals surface area contributed by atoms with Crippen molar-refractivity contribution in [1.82, 2.24) is 19.9 Å². The lowest BCUT2D eigenvalue weighted by molar-refractivity contribution is -0.0356. The molecule has 0 amide bonds. The summed E-state index contributed by atoms with van der Waals surface area (Å²) in [5, 5.41) is 22.8. The van der Waals surface area contributed by atoms with Gasteiger partial charge in [0.25, 0.3) is 0 Å². The van der Waals surface area contributed by atoms with Crippen LogP contribution in [0.2, 0.25) is 5.02 Å². The third-order valence-electron chi connectivity index (χ3n) is 5.79. The van der Waals surface area contributed by atoms with Gasteiger partial charge in [0, 0.05) is 29.7 Å². The number of aliphatic hydroxyl groups is 1. The number of ether oxygens (including phenoxy) is 1. The van der Waals surface area contributed by atoms with Gasteiger partial charge < -0.3 is 14.9 Å². The molecule has 0 saturated carbocycles. The van der Waals surface area contributed by atoms with Crippen molar-refractivity contribution < 1.29 is 24.1 Å². The van der Waals surface area contributed by atoms with Gasteiger partial charge in [-0.3, -0.25) is 4.90 Å². The monoisotopic (exact) mass is 476 g/mol. The molecule has 2 N–H and O–H groups in total. The second kappa shape index (κ2) is 8.45. The molecule has 166 valence electrons. The van der Waals surface area contributed by atoms with E-state index in [2.05, 4.69) is 15.0 Å². The Kier molecular flexibility index (Phi) is 5.64. The number of thiazole rings is 1. The third kappa shape index (κ3) is 3.78. The SMILES string of the molecule is O=C(O)c1c(CN2C3COCC2C(O)C3)nc(-c2nccs2)nc1-c1ccc(F)cc1Cl. The molecule has 2 fully saturated rings.